The fraction of sp³-hybridized carbons (Fsp3) is 0.400. The van der Waals surface area contributed by atoms with Gasteiger partial charge in [0.2, 0.25) is 0 Å². The molecule has 234 valence electrons. The maximum absolute atomic E-state index is 12.9. The van der Waals surface area contributed by atoms with Gasteiger partial charge in [0.05, 0.1) is 42.8 Å². The Balaban J connectivity index is 0.00000645. The molecule has 0 spiro atoms. The van der Waals surface area contributed by atoms with E-state index in [0.717, 1.165) is 6.42 Å². The molecule has 0 saturated carbocycles. The first-order valence-corrected chi connectivity index (χ1v) is 13.5. The van der Waals surface area contributed by atoms with Crippen LogP contribution in [0.15, 0.2) is 71.1 Å². The van der Waals surface area contributed by atoms with Crippen LogP contribution in [-0.4, -0.2) is 68.6 Å². The Morgan fingerprint density at radius 1 is 1.00 bits per heavy atom. The number of nitro benzene ring substituents is 1. The number of esters is 2. The molecule has 2 aromatic carbocycles. The molecule has 1 aliphatic rings. The first-order valence-electron chi connectivity index (χ1n) is 13.5. The van der Waals surface area contributed by atoms with Gasteiger partial charge in [-0.25, -0.2) is 9.59 Å². The van der Waals surface area contributed by atoms with Crippen molar-refractivity contribution in [2.45, 2.75) is 38.7 Å². The minimum absolute atomic E-state index is 0. The number of carbonyl (C=O) groups is 2. The Labute approximate surface area is 256 Å². The van der Waals surface area contributed by atoms with Crippen molar-refractivity contribution in [3.63, 3.8) is 0 Å². The van der Waals surface area contributed by atoms with Gasteiger partial charge in [0.15, 0.2) is 0 Å². The van der Waals surface area contributed by atoms with Crippen LogP contribution in [0.5, 0.6) is 11.5 Å². The number of rotatable bonds is 15. The predicted molar refractivity (Wildman–Crippen MR) is 161 cm³/mol. The largest absolute Gasteiger partial charge is 0.493 e. The molecule has 0 bridgehead atoms. The smallest absolute Gasteiger partial charge is 0.336 e. The van der Waals surface area contributed by atoms with Crippen LogP contribution in [0.4, 0.5) is 5.69 Å². The van der Waals surface area contributed by atoms with Crippen molar-refractivity contribution < 1.29 is 38.6 Å². The number of aliphatic hydroxyl groups is 1. The van der Waals surface area contributed by atoms with E-state index in [2.05, 4.69) is 10.6 Å². The highest BCUT2D eigenvalue weighted by Gasteiger charge is 2.39. The van der Waals surface area contributed by atoms with Crippen LogP contribution in [0, 0.1) is 10.1 Å². The average molecular weight is 620 g/mol. The number of hydrogen-bond donors (Lipinski definition) is 3. The number of nitrogens with zero attached hydrogens (tertiary/aromatic N) is 1. The van der Waals surface area contributed by atoms with Gasteiger partial charge in [-0.2, -0.15) is 0 Å². The quantitative estimate of drug-likeness (QED) is 0.115. The molecule has 2 aromatic rings. The summed E-state index contributed by atoms with van der Waals surface area (Å²) in [6.45, 7) is 4.74. The summed E-state index contributed by atoms with van der Waals surface area (Å²) in [7, 11) is 2.44. The molecule has 3 rings (SSSR count). The second-order valence-electron chi connectivity index (χ2n) is 9.64. The minimum atomic E-state index is -1.03. The molecule has 0 radical (unpaired) electrons. The molecule has 3 N–H and O–H groups in total. The topological polar surface area (TPSA) is 158 Å². The SMILES string of the molecule is COC(=O)C1=C(C)NC(C)=C(C(=O)OC)C1c1cc([N+](=O)[O-])ccc1OCCCCNC[C@@H](O)COc1ccccc1.Cl. The third-order valence-electron chi connectivity index (χ3n) is 6.66. The lowest BCUT2D eigenvalue weighted by atomic mass is 9.80. The summed E-state index contributed by atoms with van der Waals surface area (Å²) < 4.78 is 21.6. The average Bonchev–Trinajstić information content (AvgIpc) is 2.99. The van der Waals surface area contributed by atoms with Crippen molar-refractivity contribution in [3.05, 3.63) is 86.7 Å². The van der Waals surface area contributed by atoms with Gasteiger partial charge in [-0.15, -0.1) is 12.4 Å². The van der Waals surface area contributed by atoms with Gasteiger partial charge in [-0.05, 0) is 51.4 Å². The Kier molecular flexibility index (Phi) is 13.9. The number of allylic oxidation sites excluding steroid dienone is 2. The summed E-state index contributed by atoms with van der Waals surface area (Å²) in [5.74, 6) is -1.44. The molecule has 1 atom stereocenters. The second kappa shape index (κ2) is 17.1. The third-order valence-corrected chi connectivity index (χ3v) is 6.66. The zero-order valence-electron chi connectivity index (χ0n) is 24.6. The van der Waals surface area contributed by atoms with Crippen LogP contribution in [0.1, 0.15) is 38.2 Å². The van der Waals surface area contributed by atoms with Gasteiger partial charge >= 0.3 is 11.9 Å². The van der Waals surface area contributed by atoms with Gasteiger partial charge in [-0.1, -0.05) is 18.2 Å². The summed E-state index contributed by atoms with van der Waals surface area (Å²) in [5, 5.41) is 28.0. The van der Waals surface area contributed by atoms with Gasteiger partial charge in [-0.3, -0.25) is 10.1 Å². The molecule has 12 nitrogen and oxygen atoms in total. The highest BCUT2D eigenvalue weighted by Crippen LogP contribution is 2.44. The number of para-hydroxylation sites is 1. The molecule has 0 aliphatic carbocycles. The molecule has 0 amide bonds. The van der Waals surface area contributed by atoms with Crippen LogP contribution >= 0.6 is 12.4 Å². The van der Waals surface area contributed by atoms with E-state index >= 15 is 0 Å². The molecular formula is C30H38ClN3O9. The van der Waals surface area contributed by atoms with E-state index in [0.29, 0.717) is 36.7 Å². The number of benzene rings is 2. The molecule has 0 saturated heterocycles. The van der Waals surface area contributed by atoms with Crippen molar-refractivity contribution in [1.29, 1.82) is 0 Å². The van der Waals surface area contributed by atoms with E-state index < -0.39 is 28.9 Å². The van der Waals surface area contributed by atoms with Crippen molar-refractivity contribution in [2.75, 3.05) is 40.5 Å². The van der Waals surface area contributed by atoms with Gasteiger partial charge in [0.25, 0.3) is 5.69 Å². The van der Waals surface area contributed by atoms with Crippen molar-refractivity contribution in [2.24, 2.45) is 0 Å². The zero-order chi connectivity index (χ0) is 30.6. The van der Waals surface area contributed by atoms with E-state index in [4.69, 9.17) is 18.9 Å². The number of carbonyl (C=O) groups excluding carboxylic acids is 2. The van der Waals surface area contributed by atoms with E-state index in [9.17, 15) is 24.8 Å². The Bertz CT molecular complexity index is 1290. The van der Waals surface area contributed by atoms with Crippen LogP contribution < -0.4 is 20.1 Å². The van der Waals surface area contributed by atoms with E-state index in [1.807, 2.05) is 30.3 Å². The number of non-ortho nitro benzene ring substituents is 1. The first kappa shape index (κ1) is 35.1. The van der Waals surface area contributed by atoms with Crippen LogP contribution in [0.2, 0.25) is 0 Å². The lowest BCUT2D eigenvalue weighted by molar-refractivity contribution is -0.384. The summed E-state index contributed by atoms with van der Waals surface area (Å²) >= 11 is 0. The molecule has 0 fully saturated rings. The number of dihydropyridines is 1. The molecule has 13 heteroatoms. The van der Waals surface area contributed by atoms with Gasteiger partial charge in [0, 0.05) is 35.6 Å². The van der Waals surface area contributed by atoms with Crippen LogP contribution in [-0.2, 0) is 19.1 Å². The summed E-state index contributed by atoms with van der Waals surface area (Å²) in [5.41, 5.74) is 1.16. The fourth-order valence-corrected chi connectivity index (χ4v) is 4.64. The lowest BCUT2D eigenvalue weighted by Gasteiger charge is -2.30. The summed E-state index contributed by atoms with van der Waals surface area (Å²) in [6.07, 6.45) is 0.681. The maximum Gasteiger partial charge on any atom is 0.336 e. The zero-order valence-corrected chi connectivity index (χ0v) is 25.4. The molecule has 0 unspecified atom stereocenters. The molecular weight excluding hydrogens is 582 g/mol. The van der Waals surface area contributed by atoms with Crippen molar-refractivity contribution in [3.8, 4) is 11.5 Å². The highest BCUT2D eigenvalue weighted by atomic mass is 35.5. The number of nitrogens with one attached hydrogen (secondary N) is 2. The Hall–Kier alpha value is -4.13. The monoisotopic (exact) mass is 619 g/mol. The van der Waals surface area contributed by atoms with Crippen molar-refractivity contribution >= 4 is 30.0 Å². The Morgan fingerprint density at radius 3 is 2.21 bits per heavy atom. The standard InChI is InChI=1S/C30H37N3O9.ClH/c1-19-26(29(35)39-3)28(27(20(2)32-19)30(36)40-4)24-16-21(33(37)38)12-13-25(24)41-15-9-8-14-31-17-22(34)18-42-23-10-6-5-7-11-23;/h5-7,10-13,16,22,28,31-32,34H,8-9,14-15,17-18H2,1-4H3;1H/t22-;/m1./s1. The number of halogens is 1. The second-order valence-corrected chi connectivity index (χ2v) is 9.64. The maximum atomic E-state index is 12.9. The normalized spacial score (nSPS) is 13.9. The minimum Gasteiger partial charge on any atom is -0.493 e. The lowest BCUT2D eigenvalue weighted by Crippen LogP contribution is -2.32. The number of aliphatic hydroxyl groups excluding tert-OH is 1. The molecule has 0 aromatic heterocycles. The van der Waals surface area contributed by atoms with Gasteiger partial charge < -0.3 is 34.7 Å². The first-order chi connectivity index (χ1) is 20.2. The molecule has 1 heterocycles. The van der Waals surface area contributed by atoms with Crippen LogP contribution in [0.25, 0.3) is 0 Å². The fourth-order valence-electron chi connectivity index (χ4n) is 4.64. The van der Waals surface area contributed by atoms with Crippen LogP contribution in [0.3, 0.4) is 0 Å². The summed E-state index contributed by atoms with van der Waals surface area (Å²) in [4.78, 5) is 36.8. The predicted octanol–water partition coefficient (Wildman–Crippen LogP) is 3.79. The van der Waals surface area contributed by atoms with Gasteiger partial charge in [0.1, 0.15) is 24.2 Å². The van der Waals surface area contributed by atoms with E-state index in [1.54, 1.807) is 13.8 Å². The highest BCUT2D eigenvalue weighted by molar-refractivity contribution is 6.00. The van der Waals surface area contributed by atoms with E-state index in [1.165, 1.54) is 32.4 Å². The molecule has 1 aliphatic heterocycles. The number of ether oxygens (including phenoxy) is 4. The Morgan fingerprint density at radius 2 is 1.63 bits per heavy atom. The summed E-state index contributed by atoms with van der Waals surface area (Å²) in [6, 6.07) is 13.3. The number of methoxy groups -OCH3 is 2. The van der Waals surface area contributed by atoms with E-state index in [-0.39, 0.29) is 53.8 Å². The van der Waals surface area contributed by atoms with Crippen molar-refractivity contribution in [1.82, 2.24) is 10.6 Å². The third kappa shape index (κ3) is 9.43. The molecule has 43 heavy (non-hydrogen) atoms. The number of hydrogen-bond acceptors (Lipinski definition) is 11. The number of unbranched alkanes of at least 4 members (excludes halogenated alkanes) is 1. The number of nitro groups is 1.